The lowest BCUT2D eigenvalue weighted by Gasteiger charge is -2.49. The molecule has 288 valence electrons. The highest BCUT2D eigenvalue weighted by Crippen LogP contribution is 2.40. The van der Waals surface area contributed by atoms with Gasteiger partial charge in [0.2, 0.25) is 6.41 Å². The standard InChI is InChI=1S/C37H38N6O10S2/c1-5-21-18-54-32-27(31(46)43(32)28(21)33(47)48)41-30(45)26(25-19-55-35(39-25)38-20-44)42-51-17-16-24(40-36(50)53-37(2,3)4)34(49)52-29(22-12-8-6-9-13-22)23-14-10-7-11-15-23/h5-15,19-20,24,27,29,32H,1,16-18H2,2-4H3,(H,40,50)(H,41,45)(H,47,48)(H,38,39,44)/t24?,27?,32-/m0/s1. The van der Waals surface area contributed by atoms with Crippen molar-refractivity contribution in [2.24, 2.45) is 5.16 Å². The average Bonchev–Trinajstić information content (AvgIpc) is 3.62. The second kappa shape index (κ2) is 17.9. The number of carboxylic acids is 1. The van der Waals surface area contributed by atoms with Gasteiger partial charge in [-0.3, -0.25) is 19.3 Å². The van der Waals surface area contributed by atoms with E-state index in [9.17, 15) is 33.9 Å². The number of rotatable bonds is 16. The maximum absolute atomic E-state index is 13.8. The van der Waals surface area contributed by atoms with Gasteiger partial charge in [0.25, 0.3) is 11.8 Å². The van der Waals surface area contributed by atoms with Crippen molar-refractivity contribution in [1.82, 2.24) is 20.5 Å². The van der Waals surface area contributed by atoms with Crippen molar-refractivity contribution in [3.05, 3.63) is 107 Å². The van der Waals surface area contributed by atoms with Gasteiger partial charge < -0.3 is 35.4 Å². The fourth-order valence-electron chi connectivity index (χ4n) is 5.47. The smallest absolute Gasteiger partial charge is 0.408 e. The van der Waals surface area contributed by atoms with Crippen LogP contribution >= 0.6 is 23.1 Å². The molecule has 0 bridgehead atoms. The first-order chi connectivity index (χ1) is 26.3. The monoisotopic (exact) mass is 790 g/mol. The van der Waals surface area contributed by atoms with Crippen LogP contribution in [0.15, 0.2) is 95.1 Å². The summed E-state index contributed by atoms with van der Waals surface area (Å²) in [5, 5.41) is 22.1. The molecule has 2 aliphatic rings. The maximum Gasteiger partial charge on any atom is 0.408 e. The van der Waals surface area contributed by atoms with Gasteiger partial charge in [-0.2, -0.15) is 0 Å². The molecule has 1 saturated heterocycles. The third kappa shape index (κ3) is 9.95. The number of esters is 1. The number of allylic oxidation sites excluding steroid dienone is 1. The van der Waals surface area contributed by atoms with Gasteiger partial charge in [-0.1, -0.05) is 78.5 Å². The molecular formula is C37H38N6O10S2. The van der Waals surface area contributed by atoms with Gasteiger partial charge in [0.05, 0.1) is 0 Å². The molecule has 0 spiro atoms. The minimum atomic E-state index is -1.30. The van der Waals surface area contributed by atoms with E-state index in [1.807, 2.05) is 60.7 Å². The summed E-state index contributed by atoms with van der Waals surface area (Å²) in [4.78, 5) is 87.2. The normalized spacial score (nSPS) is 17.3. The Morgan fingerprint density at radius 3 is 2.33 bits per heavy atom. The highest BCUT2D eigenvalue weighted by Gasteiger charge is 2.54. The molecule has 0 saturated carbocycles. The summed E-state index contributed by atoms with van der Waals surface area (Å²) in [6.45, 7) is 8.30. The lowest BCUT2D eigenvalue weighted by Crippen LogP contribution is -2.71. The first kappa shape index (κ1) is 40.2. The number of carbonyl (C=O) groups is 6. The summed E-state index contributed by atoms with van der Waals surface area (Å²) in [7, 11) is 0. The number of amides is 4. The summed E-state index contributed by atoms with van der Waals surface area (Å²) >= 11 is 2.24. The molecule has 4 amide bonds. The molecule has 1 fully saturated rings. The molecule has 2 aliphatic heterocycles. The number of aliphatic carboxylic acids is 1. The van der Waals surface area contributed by atoms with E-state index in [2.05, 4.69) is 32.7 Å². The van der Waals surface area contributed by atoms with E-state index in [0.717, 1.165) is 16.2 Å². The van der Waals surface area contributed by atoms with Gasteiger partial charge in [0.15, 0.2) is 16.9 Å². The zero-order valence-electron chi connectivity index (χ0n) is 29.9. The molecule has 0 aliphatic carbocycles. The number of fused-ring (bicyclic) bond motifs is 1. The molecule has 2 unspecified atom stereocenters. The first-order valence-corrected chi connectivity index (χ1v) is 18.7. The van der Waals surface area contributed by atoms with Crippen LogP contribution in [0.2, 0.25) is 0 Å². The predicted molar refractivity (Wildman–Crippen MR) is 203 cm³/mol. The number of nitrogens with one attached hydrogen (secondary N) is 3. The van der Waals surface area contributed by atoms with E-state index in [4.69, 9.17) is 14.3 Å². The quantitative estimate of drug-likeness (QED) is 0.0405. The van der Waals surface area contributed by atoms with Crippen LogP contribution in [-0.2, 0) is 38.3 Å². The van der Waals surface area contributed by atoms with Crippen LogP contribution in [0.5, 0.6) is 0 Å². The van der Waals surface area contributed by atoms with Crippen molar-refractivity contribution in [2.75, 3.05) is 17.7 Å². The van der Waals surface area contributed by atoms with Crippen LogP contribution in [0.3, 0.4) is 0 Å². The number of β-lactam (4-membered cyclic amide) rings is 1. The average molecular weight is 791 g/mol. The largest absolute Gasteiger partial charge is 0.477 e. The van der Waals surface area contributed by atoms with Crippen molar-refractivity contribution in [2.45, 2.75) is 56.4 Å². The van der Waals surface area contributed by atoms with Crippen LogP contribution in [0.4, 0.5) is 9.93 Å². The Labute approximate surface area is 324 Å². The molecule has 18 heteroatoms. The molecule has 2 aromatic carbocycles. The molecule has 1 aromatic heterocycles. The number of thiazole rings is 1. The number of oxime groups is 1. The lowest BCUT2D eigenvalue weighted by molar-refractivity contribution is -0.150. The van der Waals surface area contributed by atoms with Crippen LogP contribution < -0.4 is 16.0 Å². The number of hydrogen-bond donors (Lipinski definition) is 4. The van der Waals surface area contributed by atoms with Gasteiger partial charge >= 0.3 is 18.0 Å². The number of ether oxygens (including phenoxy) is 2. The molecule has 3 aromatic rings. The summed E-state index contributed by atoms with van der Waals surface area (Å²) in [5.74, 6) is -3.38. The first-order valence-electron chi connectivity index (χ1n) is 16.8. The molecule has 55 heavy (non-hydrogen) atoms. The van der Waals surface area contributed by atoms with Gasteiger partial charge in [-0.25, -0.2) is 19.4 Å². The van der Waals surface area contributed by atoms with Gasteiger partial charge in [-0.15, -0.1) is 23.1 Å². The molecule has 3 heterocycles. The molecule has 16 nitrogen and oxygen atoms in total. The summed E-state index contributed by atoms with van der Waals surface area (Å²) in [6.07, 6.45) is -0.109. The predicted octanol–water partition coefficient (Wildman–Crippen LogP) is 3.97. The van der Waals surface area contributed by atoms with E-state index < -0.39 is 59.0 Å². The number of hydrogen-bond acceptors (Lipinski definition) is 13. The number of carbonyl (C=O) groups excluding carboxylic acids is 5. The Hall–Kier alpha value is -6.01. The zero-order chi connectivity index (χ0) is 39.7. The number of thioether (sulfide) groups is 1. The number of aromatic nitrogens is 1. The third-order valence-corrected chi connectivity index (χ3v) is 10.0. The summed E-state index contributed by atoms with van der Waals surface area (Å²) in [5.41, 5.74) is 0.285. The van der Waals surface area contributed by atoms with Gasteiger partial charge in [0.1, 0.15) is 41.1 Å². The summed E-state index contributed by atoms with van der Waals surface area (Å²) in [6, 6.07) is 15.7. The Kier molecular flexibility index (Phi) is 13.1. The molecular weight excluding hydrogens is 753 g/mol. The maximum atomic E-state index is 13.8. The van der Waals surface area contributed by atoms with E-state index in [1.54, 1.807) is 20.8 Å². The van der Waals surface area contributed by atoms with Gasteiger partial charge in [-0.05, 0) is 37.5 Å². The number of alkyl carbamates (subject to hydrolysis) is 1. The highest BCUT2D eigenvalue weighted by atomic mass is 32.2. The molecule has 0 radical (unpaired) electrons. The fourth-order valence-corrected chi connectivity index (χ4v) is 7.47. The van der Waals surface area contributed by atoms with Crippen LogP contribution in [0.1, 0.15) is 50.1 Å². The van der Waals surface area contributed by atoms with Crippen LogP contribution in [-0.4, -0.2) is 92.4 Å². The molecule has 5 rings (SSSR count). The van der Waals surface area contributed by atoms with Crippen LogP contribution in [0, 0.1) is 0 Å². The zero-order valence-corrected chi connectivity index (χ0v) is 31.6. The highest BCUT2D eigenvalue weighted by molar-refractivity contribution is 8.00. The second-order valence-corrected chi connectivity index (χ2v) is 14.9. The topological polar surface area (TPSA) is 215 Å². The number of benzene rings is 2. The van der Waals surface area contributed by atoms with Crippen molar-refractivity contribution < 1.29 is 48.2 Å². The van der Waals surface area contributed by atoms with E-state index >= 15 is 0 Å². The van der Waals surface area contributed by atoms with Crippen molar-refractivity contribution in [3.63, 3.8) is 0 Å². The van der Waals surface area contributed by atoms with E-state index in [0.29, 0.717) is 23.1 Å². The van der Waals surface area contributed by atoms with E-state index in [1.165, 1.54) is 23.2 Å². The van der Waals surface area contributed by atoms with Gasteiger partial charge in [0, 0.05) is 17.6 Å². The van der Waals surface area contributed by atoms with Crippen molar-refractivity contribution in [1.29, 1.82) is 0 Å². The summed E-state index contributed by atoms with van der Waals surface area (Å²) < 4.78 is 11.4. The number of carboxylic acid groups (broad SMARTS) is 1. The van der Waals surface area contributed by atoms with Crippen molar-refractivity contribution in [3.8, 4) is 0 Å². The Morgan fingerprint density at radius 2 is 1.75 bits per heavy atom. The van der Waals surface area contributed by atoms with E-state index in [-0.39, 0.29) is 41.0 Å². The Morgan fingerprint density at radius 1 is 1.09 bits per heavy atom. The number of anilines is 1. The Bertz CT molecular complexity index is 1960. The molecule has 3 atom stereocenters. The lowest BCUT2D eigenvalue weighted by atomic mass is 10.0. The minimum absolute atomic E-state index is 0.0109. The Balaban J connectivity index is 1.34. The minimum Gasteiger partial charge on any atom is -0.477 e. The van der Waals surface area contributed by atoms with Crippen LogP contribution in [0.25, 0.3) is 0 Å². The number of nitrogens with zero attached hydrogens (tertiary/aromatic N) is 3. The SMILES string of the molecule is C=CC1=C(C(=O)O)N2C(=O)C(NC(=O)C(=NOCCC(NC(=O)OC(C)(C)C)C(=O)OC(c3ccccc3)c3ccccc3)c3csc(NC=O)n3)[C@@H]2SC1. The molecule has 4 N–H and O–H groups in total. The fraction of sp³-hybridized carbons (Fsp3) is 0.297. The third-order valence-electron chi connectivity index (χ3n) is 7.95. The van der Waals surface area contributed by atoms with Crippen molar-refractivity contribution >= 4 is 70.2 Å². The second-order valence-electron chi connectivity index (χ2n) is 12.9.